The molecule has 0 aliphatic heterocycles. The van der Waals surface area contributed by atoms with Crippen LogP contribution in [-0.2, 0) is 0 Å². The first-order chi connectivity index (χ1) is 17.4. The zero-order valence-electron chi connectivity index (χ0n) is 21.8. The average Bonchev–Trinajstić information content (AvgIpc) is 2.89. The van der Waals surface area contributed by atoms with Crippen LogP contribution < -0.4 is 0 Å². The van der Waals surface area contributed by atoms with Crippen molar-refractivity contribution in [3.05, 3.63) is 58.4 Å². The highest BCUT2D eigenvalue weighted by atomic mass is 35.5. The van der Waals surface area contributed by atoms with Gasteiger partial charge in [0.15, 0.2) is 0 Å². The molecule has 2 aliphatic rings. The van der Waals surface area contributed by atoms with Gasteiger partial charge in [-0.3, -0.25) is 0 Å². The summed E-state index contributed by atoms with van der Waals surface area (Å²) in [5.74, 6) is 0.908. The van der Waals surface area contributed by atoms with E-state index in [1.807, 2.05) is 6.07 Å². The van der Waals surface area contributed by atoms with E-state index in [1.54, 1.807) is 12.1 Å². The number of hydrogen-bond acceptors (Lipinski definition) is 0. The molecule has 4 rings (SSSR count). The van der Waals surface area contributed by atoms with Crippen LogP contribution in [0.5, 0.6) is 0 Å². The maximum atomic E-state index is 14.9. The summed E-state index contributed by atoms with van der Waals surface area (Å²) in [6, 6.07) is 7.32. The first-order valence-corrected chi connectivity index (χ1v) is 14.8. The Morgan fingerprint density at radius 1 is 0.667 bits per heavy atom. The molecule has 198 valence electrons. The second-order valence-electron chi connectivity index (χ2n) is 11.5. The predicted molar refractivity (Wildman–Crippen MR) is 145 cm³/mol. The Balaban J connectivity index is 1.21. The second kappa shape index (κ2) is 13.4. The highest BCUT2D eigenvalue weighted by Crippen LogP contribution is 2.41. The monoisotopic (exact) mass is 518 g/mol. The Morgan fingerprint density at radius 2 is 1.22 bits per heavy atom. The van der Waals surface area contributed by atoms with E-state index in [0.29, 0.717) is 5.92 Å². The van der Waals surface area contributed by atoms with Gasteiger partial charge in [0.05, 0.1) is 0 Å². The average molecular weight is 519 g/mol. The van der Waals surface area contributed by atoms with Crippen LogP contribution in [0.3, 0.4) is 0 Å². The Bertz CT molecular complexity index is 948. The quantitative estimate of drug-likeness (QED) is 0.216. The molecule has 0 nitrogen and oxygen atoms in total. The van der Waals surface area contributed by atoms with E-state index < -0.39 is 22.5 Å². The number of rotatable bonds is 10. The maximum Gasteiger partial charge on any atom is 0.145 e. The molecular formula is C32H42ClF3. The van der Waals surface area contributed by atoms with E-state index in [2.05, 4.69) is 6.92 Å². The van der Waals surface area contributed by atoms with Crippen molar-refractivity contribution in [1.82, 2.24) is 0 Å². The van der Waals surface area contributed by atoms with Crippen LogP contribution >= 0.6 is 11.6 Å². The van der Waals surface area contributed by atoms with Gasteiger partial charge in [-0.15, -0.1) is 0 Å². The molecule has 0 unspecified atom stereocenters. The fourth-order valence-electron chi connectivity index (χ4n) is 6.65. The van der Waals surface area contributed by atoms with Crippen molar-refractivity contribution in [2.75, 3.05) is 0 Å². The molecular weight excluding hydrogens is 477 g/mol. The molecule has 0 spiro atoms. The lowest BCUT2D eigenvalue weighted by Crippen LogP contribution is -2.18. The number of benzene rings is 2. The summed E-state index contributed by atoms with van der Waals surface area (Å²) in [6.45, 7) is 2.28. The van der Waals surface area contributed by atoms with Crippen LogP contribution in [0, 0.1) is 35.2 Å². The molecule has 2 aliphatic carbocycles. The Morgan fingerprint density at radius 3 is 1.78 bits per heavy atom. The molecule has 0 radical (unpaired) electrons. The third kappa shape index (κ3) is 7.30. The second-order valence-corrected chi connectivity index (χ2v) is 11.9. The molecule has 2 fully saturated rings. The molecule has 0 heterocycles. The Labute approximate surface area is 221 Å². The molecule has 0 amide bonds. The van der Waals surface area contributed by atoms with Gasteiger partial charge >= 0.3 is 0 Å². The largest absolute Gasteiger partial charge is 0.206 e. The maximum absolute atomic E-state index is 14.9. The Hall–Kier alpha value is -1.48. The van der Waals surface area contributed by atoms with Gasteiger partial charge in [-0.25, -0.2) is 13.2 Å². The van der Waals surface area contributed by atoms with Crippen molar-refractivity contribution < 1.29 is 13.2 Å². The molecule has 0 bridgehead atoms. The van der Waals surface area contributed by atoms with Crippen molar-refractivity contribution >= 4 is 11.6 Å². The standard InChI is InChI=1S/C32H42ClF3/c1-2-3-4-5-6-22-7-9-23(10-8-22)11-12-24-13-15-25(16-14-24)26-17-18-28(29(34)19-26)27-20-30(35)32(33)31(36)21-27/h17-25H,2-16H2,1H3/t22-,23-,24-,25-. The lowest BCUT2D eigenvalue weighted by molar-refractivity contribution is 0.222. The zero-order chi connectivity index (χ0) is 25.5. The smallest absolute Gasteiger partial charge is 0.145 e. The molecule has 2 aromatic carbocycles. The topological polar surface area (TPSA) is 0 Å². The van der Waals surface area contributed by atoms with Gasteiger partial charge < -0.3 is 0 Å². The van der Waals surface area contributed by atoms with E-state index in [9.17, 15) is 13.2 Å². The van der Waals surface area contributed by atoms with E-state index in [1.165, 1.54) is 83.5 Å². The summed E-state index contributed by atoms with van der Waals surface area (Å²) < 4.78 is 42.6. The van der Waals surface area contributed by atoms with E-state index in [0.717, 1.165) is 48.3 Å². The molecule has 4 heteroatoms. The lowest BCUT2D eigenvalue weighted by atomic mass is 9.74. The van der Waals surface area contributed by atoms with Gasteiger partial charge in [-0.1, -0.05) is 101 Å². The van der Waals surface area contributed by atoms with Crippen LogP contribution in [0.25, 0.3) is 11.1 Å². The third-order valence-electron chi connectivity index (χ3n) is 9.02. The molecule has 2 saturated carbocycles. The minimum absolute atomic E-state index is 0.174. The van der Waals surface area contributed by atoms with Crippen molar-refractivity contribution in [2.24, 2.45) is 17.8 Å². The van der Waals surface area contributed by atoms with Gasteiger partial charge in [-0.2, -0.15) is 0 Å². The van der Waals surface area contributed by atoms with Crippen LogP contribution in [-0.4, -0.2) is 0 Å². The summed E-state index contributed by atoms with van der Waals surface area (Å²) in [5, 5.41) is -0.557. The van der Waals surface area contributed by atoms with Gasteiger partial charge in [-0.05, 0) is 78.7 Å². The highest BCUT2D eigenvalue weighted by Gasteiger charge is 2.26. The zero-order valence-corrected chi connectivity index (χ0v) is 22.6. The van der Waals surface area contributed by atoms with Crippen LogP contribution in [0.4, 0.5) is 13.2 Å². The van der Waals surface area contributed by atoms with Crippen LogP contribution in [0.15, 0.2) is 30.3 Å². The SMILES string of the molecule is CCCCCC[C@H]1CC[C@H](CC[C@H]2CC[C@H](c3ccc(-c4cc(F)c(Cl)c(F)c4)c(F)c3)CC2)CC1. The van der Waals surface area contributed by atoms with Gasteiger partial charge in [0.25, 0.3) is 0 Å². The molecule has 0 atom stereocenters. The minimum atomic E-state index is -0.871. The summed E-state index contributed by atoms with van der Waals surface area (Å²) >= 11 is 5.57. The van der Waals surface area contributed by atoms with Crippen LogP contribution in [0.2, 0.25) is 5.02 Å². The van der Waals surface area contributed by atoms with E-state index >= 15 is 0 Å². The summed E-state index contributed by atoms with van der Waals surface area (Å²) in [6.07, 6.45) is 20.1. The van der Waals surface area contributed by atoms with Crippen molar-refractivity contribution in [3.63, 3.8) is 0 Å². The fraction of sp³-hybridized carbons (Fsp3) is 0.625. The van der Waals surface area contributed by atoms with Crippen molar-refractivity contribution in [1.29, 1.82) is 0 Å². The van der Waals surface area contributed by atoms with E-state index in [-0.39, 0.29) is 11.1 Å². The van der Waals surface area contributed by atoms with Crippen molar-refractivity contribution in [2.45, 2.75) is 109 Å². The normalized spacial score (nSPS) is 24.7. The number of halogens is 4. The summed E-state index contributed by atoms with van der Waals surface area (Å²) in [7, 11) is 0. The fourth-order valence-corrected chi connectivity index (χ4v) is 6.76. The molecule has 0 saturated heterocycles. The molecule has 0 N–H and O–H groups in total. The molecule has 2 aromatic rings. The van der Waals surface area contributed by atoms with Crippen molar-refractivity contribution in [3.8, 4) is 11.1 Å². The third-order valence-corrected chi connectivity index (χ3v) is 9.38. The Kier molecular flexibility index (Phi) is 10.2. The van der Waals surface area contributed by atoms with E-state index in [4.69, 9.17) is 11.6 Å². The molecule has 36 heavy (non-hydrogen) atoms. The first-order valence-electron chi connectivity index (χ1n) is 14.4. The predicted octanol–water partition coefficient (Wildman–Crippen LogP) is 11.3. The number of hydrogen-bond donors (Lipinski definition) is 0. The lowest BCUT2D eigenvalue weighted by Gasteiger charge is -2.32. The van der Waals surface area contributed by atoms with Gasteiger partial charge in [0, 0.05) is 5.56 Å². The summed E-state index contributed by atoms with van der Waals surface area (Å²) in [5.41, 5.74) is 1.38. The molecule has 0 aromatic heterocycles. The van der Waals surface area contributed by atoms with Gasteiger partial charge in [0.1, 0.15) is 22.5 Å². The minimum Gasteiger partial charge on any atom is -0.206 e. The van der Waals surface area contributed by atoms with Crippen LogP contribution in [0.1, 0.15) is 115 Å². The first kappa shape index (κ1) is 27.6. The summed E-state index contributed by atoms with van der Waals surface area (Å²) in [4.78, 5) is 0. The van der Waals surface area contributed by atoms with Gasteiger partial charge in [0.2, 0.25) is 0 Å². The number of unbranched alkanes of at least 4 members (excludes halogenated alkanes) is 3. The highest BCUT2D eigenvalue weighted by molar-refractivity contribution is 6.31.